The summed E-state index contributed by atoms with van der Waals surface area (Å²) in [7, 11) is 0. The highest BCUT2D eigenvalue weighted by molar-refractivity contribution is 7.99. The Labute approximate surface area is 139 Å². The van der Waals surface area contributed by atoms with Crippen molar-refractivity contribution in [2.24, 2.45) is 0 Å². The minimum Gasteiger partial charge on any atom is -0.464 e. The van der Waals surface area contributed by atoms with E-state index in [1.165, 1.54) is 11.8 Å². The van der Waals surface area contributed by atoms with Crippen LogP contribution in [0.3, 0.4) is 0 Å². The van der Waals surface area contributed by atoms with Gasteiger partial charge in [0, 0.05) is 0 Å². The summed E-state index contributed by atoms with van der Waals surface area (Å²) in [6, 6.07) is 0. The van der Waals surface area contributed by atoms with Crippen LogP contribution in [-0.2, 0) is 9.53 Å². The van der Waals surface area contributed by atoms with E-state index in [9.17, 15) is 4.79 Å². The molecule has 1 aromatic rings. The fourth-order valence-corrected chi connectivity index (χ4v) is 3.49. The quantitative estimate of drug-likeness (QED) is 0.598. The Bertz CT molecular complexity index is 522. The molecule has 0 aliphatic heterocycles. The number of carbonyl (C=O) groups is 1. The average Bonchev–Trinajstić information content (AvgIpc) is 2.97. The number of hydrogen-bond donors (Lipinski definition) is 1. The minimum absolute atomic E-state index is 0.205. The molecule has 6 nitrogen and oxygen atoms in total. The molecule has 0 spiro atoms. The maximum Gasteiger partial charge on any atom is 0.331 e. The second-order valence-corrected chi connectivity index (χ2v) is 7.00. The summed E-state index contributed by atoms with van der Waals surface area (Å²) >= 11 is 3.03. The summed E-state index contributed by atoms with van der Waals surface area (Å²) in [5.74, 6) is 1.15. The van der Waals surface area contributed by atoms with Crippen LogP contribution in [0.25, 0.3) is 0 Å². The lowest BCUT2D eigenvalue weighted by atomic mass is 9.98. The molecule has 0 bridgehead atoms. The molecule has 22 heavy (non-hydrogen) atoms. The van der Waals surface area contributed by atoms with Gasteiger partial charge in [0.25, 0.3) is 0 Å². The molecule has 0 saturated heterocycles. The molecule has 1 N–H and O–H groups in total. The van der Waals surface area contributed by atoms with Gasteiger partial charge in [-0.15, -0.1) is 0 Å². The molecule has 1 aliphatic rings. The van der Waals surface area contributed by atoms with E-state index in [0.717, 1.165) is 31.4 Å². The van der Waals surface area contributed by atoms with Crippen LogP contribution in [0.5, 0.6) is 0 Å². The fraction of sp³-hybridized carbons (Fsp3) is 0.714. The lowest BCUT2D eigenvalue weighted by molar-refractivity contribution is -0.148. The zero-order valence-corrected chi connectivity index (χ0v) is 14.9. The van der Waals surface area contributed by atoms with E-state index in [0.29, 0.717) is 22.9 Å². The van der Waals surface area contributed by atoms with Crippen molar-refractivity contribution in [1.29, 1.82) is 0 Å². The predicted octanol–water partition coefficient (Wildman–Crippen LogP) is 2.99. The number of ether oxygens (including phenoxy) is 1. The van der Waals surface area contributed by atoms with E-state index < -0.39 is 5.54 Å². The zero-order chi connectivity index (χ0) is 16.0. The number of nitrogens with zero attached hydrogens (tertiary/aromatic N) is 3. The molecule has 1 fully saturated rings. The lowest BCUT2D eigenvalue weighted by Crippen LogP contribution is -2.45. The Hall–Kier alpha value is -1.02. The molecule has 1 aromatic heterocycles. The lowest BCUT2D eigenvalue weighted by Gasteiger charge is -2.27. The van der Waals surface area contributed by atoms with Gasteiger partial charge in [-0.3, -0.25) is 0 Å². The van der Waals surface area contributed by atoms with Gasteiger partial charge >= 0.3 is 5.97 Å². The highest BCUT2D eigenvalue weighted by atomic mass is 32.2. The number of aromatic nitrogens is 3. The molecule has 0 unspecified atom stereocenters. The third-order valence-corrected chi connectivity index (χ3v) is 4.80. The van der Waals surface area contributed by atoms with Gasteiger partial charge < -0.3 is 10.1 Å². The molecule has 8 heteroatoms. The molecule has 0 aromatic carbocycles. The Balaban J connectivity index is 2.26. The van der Waals surface area contributed by atoms with Crippen LogP contribution in [-0.4, -0.2) is 45.1 Å². The van der Waals surface area contributed by atoms with Crippen molar-refractivity contribution in [3.8, 4) is 0 Å². The van der Waals surface area contributed by atoms with Gasteiger partial charge in [0.15, 0.2) is 10.3 Å². The average molecular weight is 342 g/mol. The van der Waals surface area contributed by atoms with E-state index in [1.54, 1.807) is 11.8 Å². The smallest absolute Gasteiger partial charge is 0.331 e. The summed E-state index contributed by atoms with van der Waals surface area (Å²) < 4.78 is 5.25. The van der Waals surface area contributed by atoms with Crippen molar-refractivity contribution >= 4 is 35.4 Å². The number of carbonyl (C=O) groups excluding carboxylic acids is 1. The minimum atomic E-state index is -0.693. The van der Waals surface area contributed by atoms with Crippen molar-refractivity contribution in [3.63, 3.8) is 0 Å². The Morgan fingerprint density at radius 2 is 1.91 bits per heavy atom. The molecule has 0 atom stereocenters. The standard InChI is InChI=1S/C14H22N4O2S2/c1-4-20-10(19)14(8-6-7-9-14)18-11-15-12(21-3)17-13(16-11)22-5-2/h4-9H2,1-3H3,(H,15,16,17,18). The van der Waals surface area contributed by atoms with Crippen LogP contribution in [0.1, 0.15) is 39.5 Å². The van der Waals surface area contributed by atoms with Crippen molar-refractivity contribution < 1.29 is 9.53 Å². The van der Waals surface area contributed by atoms with E-state index in [-0.39, 0.29) is 5.97 Å². The number of thioether (sulfide) groups is 2. The first-order valence-corrected chi connectivity index (χ1v) is 9.73. The van der Waals surface area contributed by atoms with Crippen LogP contribution >= 0.6 is 23.5 Å². The first-order chi connectivity index (χ1) is 10.6. The summed E-state index contributed by atoms with van der Waals surface area (Å²) in [6.45, 7) is 4.26. The highest BCUT2D eigenvalue weighted by Crippen LogP contribution is 2.34. The van der Waals surface area contributed by atoms with E-state index in [2.05, 4.69) is 27.2 Å². The predicted molar refractivity (Wildman–Crippen MR) is 89.5 cm³/mol. The van der Waals surface area contributed by atoms with Gasteiger partial charge in [0.1, 0.15) is 5.54 Å². The van der Waals surface area contributed by atoms with Crippen molar-refractivity contribution in [3.05, 3.63) is 0 Å². The zero-order valence-electron chi connectivity index (χ0n) is 13.2. The van der Waals surface area contributed by atoms with E-state index in [1.807, 2.05) is 13.2 Å². The van der Waals surface area contributed by atoms with Gasteiger partial charge in [-0.05, 0) is 31.8 Å². The van der Waals surface area contributed by atoms with E-state index in [4.69, 9.17) is 4.74 Å². The monoisotopic (exact) mass is 342 g/mol. The van der Waals surface area contributed by atoms with Gasteiger partial charge in [-0.1, -0.05) is 43.3 Å². The summed E-state index contributed by atoms with van der Waals surface area (Å²) in [4.78, 5) is 25.6. The molecule has 0 amide bonds. The normalized spacial score (nSPS) is 16.5. The third kappa shape index (κ3) is 4.04. The van der Waals surface area contributed by atoms with Crippen LogP contribution in [0, 0.1) is 0 Å². The second kappa shape index (κ2) is 8.01. The molecule has 2 rings (SSSR count). The van der Waals surface area contributed by atoms with Gasteiger partial charge in [-0.25, -0.2) is 4.79 Å². The maximum atomic E-state index is 12.4. The summed E-state index contributed by atoms with van der Waals surface area (Å²) in [6.07, 6.45) is 5.44. The number of nitrogens with one attached hydrogen (secondary N) is 1. The molecule has 1 saturated carbocycles. The molecule has 0 radical (unpaired) electrons. The largest absolute Gasteiger partial charge is 0.464 e. The molecule has 1 aliphatic carbocycles. The molecule has 1 heterocycles. The first-order valence-electron chi connectivity index (χ1n) is 7.52. The molecular weight excluding hydrogens is 320 g/mol. The third-order valence-electron chi connectivity index (χ3n) is 3.52. The fourth-order valence-electron chi connectivity index (χ4n) is 2.52. The first kappa shape index (κ1) is 17.3. The van der Waals surface area contributed by atoms with Crippen LogP contribution in [0.2, 0.25) is 0 Å². The maximum absolute atomic E-state index is 12.4. The molecule has 122 valence electrons. The number of anilines is 1. The Morgan fingerprint density at radius 3 is 2.50 bits per heavy atom. The Kier molecular flexibility index (Phi) is 6.31. The highest BCUT2D eigenvalue weighted by Gasteiger charge is 2.43. The van der Waals surface area contributed by atoms with Crippen molar-refractivity contribution in [2.75, 3.05) is 23.9 Å². The molecular formula is C14H22N4O2S2. The van der Waals surface area contributed by atoms with E-state index >= 15 is 0 Å². The van der Waals surface area contributed by atoms with Crippen molar-refractivity contribution in [1.82, 2.24) is 15.0 Å². The van der Waals surface area contributed by atoms with Gasteiger partial charge in [0.2, 0.25) is 5.95 Å². The van der Waals surface area contributed by atoms with Crippen molar-refractivity contribution in [2.45, 2.75) is 55.4 Å². The summed E-state index contributed by atoms with van der Waals surface area (Å²) in [5.41, 5.74) is -0.693. The topological polar surface area (TPSA) is 77.0 Å². The van der Waals surface area contributed by atoms with Gasteiger partial charge in [0.05, 0.1) is 6.61 Å². The Morgan fingerprint density at radius 1 is 1.23 bits per heavy atom. The summed E-state index contributed by atoms with van der Waals surface area (Å²) in [5, 5.41) is 4.59. The number of rotatable bonds is 7. The van der Waals surface area contributed by atoms with Crippen LogP contribution in [0.15, 0.2) is 10.3 Å². The SMILES string of the molecule is CCOC(=O)C1(Nc2nc(SC)nc(SCC)n2)CCCC1. The number of hydrogen-bond acceptors (Lipinski definition) is 8. The van der Waals surface area contributed by atoms with Crippen LogP contribution in [0.4, 0.5) is 5.95 Å². The van der Waals surface area contributed by atoms with Crippen LogP contribution < -0.4 is 5.32 Å². The van der Waals surface area contributed by atoms with Gasteiger partial charge in [-0.2, -0.15) is 15.0 Å². The second-order valence-electron chi connectivity index (χ2n) is 5.00. The number of esters is 1.